The molecule has 0 aliphatic rings. The summed E-state index contributed by atoms with van der Waals surface area (Å²) < 4.78 is 10.1. The number of nitrogens with zero attached hydrogens (tertiary/aromatic N) is 1. The maximum atomic E-state index is 11.6. The van der Waals surface area contributed by atoms with Crippen molar-refractivity contribution < 1.29 is 18.7 Å². The summed E-state index contributed by atoms with van der Waals surface area (Å²) in [7, 11) is 0. The quantitative estimate of drug-likeness (QED) is 0.812. The first-order valence-electron chi connectivity index (χ1n) is 5.13. The van der Waals surface area contributed by atoms with Gasteiger partial charge < -0.3 is 19.3 Å². The maximum absolute atomic E-state index is 11.6. The van der Waals surface area contributed by atoms with E-state index in [2.05, 4.69) is 10.3 Å². The van der Waals surface area contributed by atoms with Crippen molar-refractivity contribution in [3.8, 4) is 0 Å². The van der Waals surface area contributed by atoms with E-state index < -0.39 is 17.2 Å². The monoisotopic (exact) mass is 240 g/mol. The molecule has 1 atom stereocenters. The smallest absolute Gasteiger partial charge is 0.408 e. The van der Waals surface area contributed by atoms with Crippen molar-refractivity contribution in [1.29, 1.82) is 0 Å². The summed E-state index contributed by atoms with van der Waals surface area (Å²) in [6, 6.07) is 0. The molecule has 0 aliphatic heterocycles. The van der Waals surface area contributed by atoms with Crippen molar-refractivity contribution in [2.24, 2.45) is 0 Å². The van der Waals surface area contributed by atoms with Crippen LogP contribution in [0.3, 0.4) is 0 Å². The molecule has 0 spiro atoms. The number of ether oxygens (including phenoxy) is 1. The van der Waals surface area contributed by atoms with Crippen LogP contribution in [0.15, 0.2) is 17.0 Å². The Morgan fingerprint density at radius 1 is 1.47 bits per heavy atom. The van der Waals surface area contributed by atoms with Crippen molar-refractivity contribution in [2.75, 3.05) is 0 Å². The highest BCUT2D eigenvalue weighted by Crippen LogP contribution is 2.18. The molecule has 94 valence electrons. The van der Waals surface area contributed by atoms with Crippen molar-refractivity contribution in [3.05, 3.63) is 18.4 Å². The number of nitrogens with one attached hydrogen (secondary N) is 1. The lowest BCUT2D eigenvalue weighted by Gasteiger charge is -2.25. The second-order valence-corrected chi connectivity index (χ2v) is 4.81. The van der Waals surface area contributed by atoms with Crippen LogP contribution in [-0.2, 0) is 15.1 Å². The molecule has 0 saturated carbocycles. The van der Waals surface area contributed by atoms with E-state index >= 15 is 0 Å². The molecule has 1 aromatic rings. The fraction of sp³-hybridized carbons (Fsp3) is 0.545. The van der Waals surface area contributed by atoms with E-state index in [0.717, 1.165) is 0 Å². The number of carbonyl (C=O) groups is 2. The fourth-order valence-corrected chi connectivity index (χ4v) is 1.14. The Hall–Kier alpha value is -1.85. The molecule has 17 heavy (non-hydrogen) atoms. The van der Waals surface area contributed by atoms with Gasteiger partial charge in [0, 0.05) is 0 Å². The van der Waals surface area contributed by atoms with Gasteiger partial charge in [-0.05, 0) is 27.7 Å². The third kappa shape index (κ3) is 3.58. The lowest BCUT2D eigenvalue weighted by molar-refractivity contribution is -0.113. The largest absolute Gasteiger partial charge is 0.446 e. The molecule has 0 radical (unpaired) electrons. The first kappa shape index (κ1) is 13.2. The number of aromatic nitrogens is 1. The predicted octanol–water partition coefficient (Wildman–Crippen LogP) is 1.61. The second-order valence-electron chi connectivity index (χ2n) is 4.81. The molecule has 0 saturated heterocycles. The molecule has 1 heterocycles. The number of carbonyl (C=O) groups excluding carboxylic acids is 2. The fourth-order valence-electron chi connectivity index (χ4n) is 1.14. The van der Waals surface area contributed by atoms with Gasteiger partial charge in [0.25, 0.3) is 0 Å². The predicted molar refractivity (Wildman–Crippen MR) is 59.3 cm³/mol. The Labute approximate surface area is 99.4 Å². The molecule has 1 N–H and O–H groups in total. The molecule has 0 bridgehead atoms. The third-order valence-corrected chi connectivity index (χ3v) is 1.94. The van der Waals surface area contributed by atoms with E-state index in [-0.39, 0.29) is 5.76 Å². The van der Waals surface area contributed by atoms with Crippen molar-refractivity contribution in [2.45, 2.75) is 38.8 Å². The molecule has 6 nitrogen and oxygen atoms in total. The topological polar surface area (TPSA) is 81.4 Å². The van der Waals surface area contributed by atoms with Gasteiger partial charge in [-0.2, -0.15) is 0 Å². The van der Waals surface area contributed by atoms with Crippen LogP contribution in [0.2, 0.25) is 0 Å². The van der Waals surface area contributed by atoms with E-state index in [1.165, 1.54) is 19.5 Å². The first-order chi connectivity index (χ1) is 7.77. The number of rotatable bonds is 3. The Morgan fingerprint density at radius 2 is 2.12 bits per heavy atom. The van der Waals surface area contributed by atoms with Gasteiger partial charge in [-0.25, -0.2) is 9.78 Å². The number of hydrogen-bond acceptors (Lipinski definition) is 5. The molecule has 0 aliphatic carbocycles. The van der Waals surface area contributed by atoms with Crippen LogP contribution in [0.5, 0.6) is 0 Å². The van der Waals surface area contributed by atoms with E-state index in [1.807, 2.05) is 0 Å². The highest BCUT2D eigenvalue weighted by molar-refractivity contribution is 5.77. The summed E-state index contributed by atoms with van der Waals surface area (Å²) >= 11 is 0. The van der Waals surface area contributed by atoms with Crippen LogP contribution >= 0.6 is 0 Å². The molecule has 0 fully saturated rings. The molecular weight excluding hydrogens is 224 g/mol. The minimum atomic E-state index is -1.28. The summed E-state index contributed by atoms with van der Waals surface area (Å²) in [5.74, 6) is 0.248. The summed E-state index contributed by atoms with van der Waals surface area (Å²) in [5, 5.41) is 2.44. The number of aldehydes is 1. The van der Waals surface area contributed by atoms with Gasteiger partial charge in [0.2, 0.25) is 0 Å². The number of oxazole rings is 1. The van der Waals surface area contributed by atoms with Gasteiger partial charge in [0.1, 0.15) is 5.60 Å². The summed E-state index contributed by atoms with van der Waals surface area (Å²) in [5.41, 5.74) is -1.91. The van der Waals surface area contributed by atoms with Crippen molar-refractivity contribution in [3.63, 3.8) is 0 Å². The van der Waals surface area contributed by atoms with E-state index in [1.54, 1.807) is 20.8 Å². The SMILES string of the molecule is CC(C)(C)OC(=O)NC(C)(C=O)c1cnco1. The Bertz CT molecular complexity index is 394. The first-order valence-corrected chi connectivity index (χ1v) is 5.13. The minimum Gasteiger partial charge on any atom is -0.446 e. The Kier molecular flexibility index (Phi) is 3.55. The average Bonchev–Trinajstić information content (AvgIpc) is 2.67. The van der Waals surface area contributed by atoms with Crippen LogP contribution in [-0.4, -0.2) is 23.0 Å². The van der Waals surface area contributed by atoms with E-state index in [4.69, 9.17) is 9.15 Å². The summed E-state index contributed by atoms with van der Waals surface area (Å²) in [6.45, 7) is 6.71. The van der Waals surface area contributed by atoms with Crippen LogP contribution in [0, 0.1) is 0 Å². The zero-order valence-corrected chi connectivity index (χ0v) is 10.3. The second kappa shape index (κ2) is 4.57. The van der Waals surface area contributed by atoms with Crippen molar-refractivity contribution in [1.82, 2.24) is 10.3 Å². The molecule has 1 aromatic heterocycles. The maximum Gasteiger partial charge on any atom is 0.408 e. The number of hydrogen-bond donors (Lipinski definition) is 1. The van der Waals surface area contributed by atoms with Crippen LogP contribution in [0.1, 0.15) is 33.5 Å². The number of amides is 1. The summed E-state index contributed by atoms with van der Waals surface area (Å²) in [4.78, 5) is 26.3. The lowest BCUT2D eigenvalue weighted by Crippen LogP contribution is -2.46. The Morgan fingerprint density at radius 3 is 2.53 bits per heavy atom. The lowest BCUT2D eigenvalue weighted by atomic mass is 10.0. The van der Waals surface area contributed by atoms with Crippen LogP contribution in [0.25, 0.3) is 0 Å². The average molecular weight is 240 g/mol. The van der Waals surface area contributed by atoms with Gasteiger partial charge in [0.05, 0.1) is 6.20 Å². The normalized spacial score (nSPS) is 14.8. The zero-order valence-electron chi connectivity index (χ0n) is 10.3. The number of alkyl carbamates (subject to hydrolysis) is 1. The Balaban J connectivity index is 2.77. The zero-order chi connectivity index (χ0) is 13.1. The molecule has 1 amide bonds. The van der Waals surface area contributed by atoms with Crippen LogP contribution in [0.4, 0.5) is 4.79 Å². The molecule has 6 heteroatoms. The third-order valence-electron chi connectivity index (χ3n) is 1.94. The van der Waals surface area contributed by atoms with Gasteiger partial charge >= 0.3 is 6.09 Å². The van der Waals surface area contributed by atoms with Crippen LogP contribution < -0.4 is 5.32 Å². The van der Waals surface area contributed by atoms with E-state index in [0.29, 0.717) is 6.29 Å². The van der Waals surface area contributed by atoms with Gasteiger partial charge in [0.15, 0.2) is 24.0 Å². The van der Waals surface area contributed by atoms with Gasteiger partial charge in [-0.3, -0.25) is 0 Å². The molecule has 1 rings (SSSR count). The van der Waals surface area contributed by atoms with E-state index in [9.17, 15) is 9.59 Å². The molecule has 1 unspecified atom stereocenters. The van der Waals surface area contributed by atoms with Gasteiger partial charge in [-0.1, -0.05) is 0 Å². The highest BCUT2D eigenvalue weighted by Gasteiger charge is 2.33. The molecular formula is C11H16N2O4. The van der Waals surface area contributed by atoms with Crippen molar-refractivity contribution >= 4 is 12.4 Å². The summed E-state index contributed by atoms with van der Waals surface area (Å²) in [6.07, 6.45) is 2.43. The van der Waals surface area contributed by atoms with Gasteiger partial charge in [-0.15, -0.1) is 0 Å². The molecule has 0 aromatic carbocycles. The minimum absolute atomic E-state index is 0.248. The standard InChI is InChI=1S/C11H16N2O4/c1-10(2,3)17-9(15)13-11(4,6-14)8-5-12-7-16-8/h5-7H,1-4H3,(H,13,15). The highest BCUT2D eigenvalue weighted by atomic mass is 16.6.